The molecule has 0 amide bonds. The SMILES string of the molecule is CCOc1ccc(C=C2CCCc3c2nc2n(c3=O)C3CC3(C(=O)O)C=C2)cc1. The Labute approximate surface area is 168 Å². The molecule has 1 N–H and O–H groups in total. The molecular weight excluding hydrogens is 368 g/mol. The normalized spacial score (nSPS) is 25.1. The van der Waals surface area contributed by atoms with E-state index in [4.69, 9.17) is 9.72 Å². The fourth-order valence-corrected chi connectivity index (χ4v) is 4.53. The molecule has 1 saturated carbocycles. The molecule has 29 heavy (non-hydrogen) atoms. The number of carboxylic acid groups (broad SMARTS) is 1. The monoisotopic (exact) mass is 390 g/mol. The highest BCUT2D eigenvalue weighted by atomic mass is 16.5. The third-order valence-corrected chi connectivity index (χ3v) is 6.15. The first kappa shape index (κ1) is 17.9. The molecule has 6 heteroatoms. The van der Waals surface area contributed by atoms with Crippen LogP contribution in [0.1, 0.15) is 54.9 Å². The van der Waals surface area contributed by atoms with Gasteiger partial charge in [0.1, 0.15) is 17.0 Å². The second-order valence-corrected chi connectivity index (χ2v) is 7.90. The number of benzene rings is 1. The minimum absolute atomic E-state index is 0.0835. The Balaban J connectivity index is 1.56. The van der Waals surface area contributed by atoms with Gasteiger partial charge >= 0.3 is 5.97 Å². The number of fused-ring (bicyclic) bond motifs is 4. The summed E-state index contributed by atoms with van der Waals surface area (Å²) >= 11 is 0. The Morgan fingerprint density at radius 3 is 2.86 bits per heavy atom. The minimum atomic E-state index is -0.928. The molecule has 1 aliphatic heterocycles. The van der Waals surface area contributed by atoms with Crippen molar-refractivity contribution in [2.45, 2.75) is 38.6 Å². The molecule has 0 spiro atoms. The van der Waals surface area contributed by atoms with Gasteiger partial charge in [0.25, 0.3) is 5.56 Å². The van der Waals surface area contributed by atoms with Gasteiger partial charge in [0.2, 0.25) is 0 Å². The maximum Gasteiger partial charge on any atom is 0.315 e. The van der Waals surface area contributed by atoms with Gasteiger partial charge in [-0.3, -0.25) is 14.2 Å². The van der Waals surface area contributed by atoms with Crippen LogP contribution in [0.25, 0.3) is 17.7 Å². The van der Waals surface area contributed by atoms with Crippen molar-refractivity contribution in [2.24, 2.45) is 5.41 Å². The van der Waals surface area contributed by atoms with E-state index < -0.39 is 11.4 Å². The molecule has 2 unspecified atom stereocenters. The first-order chi connectivity index (χ1) is 14.0. The van der Waals surface area contributed by atoms with Crippen LogP contribution >= 0.6 is 0 Å². The minimum Gasteiger partial charge on any atom is -0.494 e. The van der Waals surface area contributed by atoms with Gasteiger partial charge in [0.05, 0.1) is 18.3 Å². The van der Waals surface area contributed by atoms with Gasteiger partial charge in [-0.15, -0.1) is 0 Å². The number of aromatic nitrogens is 2. The van der Waals surface area contributed by atoms with E-state index in [0.29, 0.717) is 30.8 Å². The van der Waals surface area contributed by atoms with E-state index in [0.717, 1.165) is 35.4 Å². The van der Waals surface area contributed by atoms with Gasteiger partial charge in [0, 0.05) is 5.56 Å². The molecular formula is C23H22N2O4. The first-order valence-corrected chi connectivity index (χ1v) is 10.1. The molecule has 6 nitrogen and oxygen atoms in total. The maximum atomic E-state index is 13.2. The number of carboxylic acids is 1. The van der Waals surface area contributed by atoms with Crippen LogP contribution in [0.5, 0.6) is 5.75 Å². The summed E-state index contributed by atoms with van der Waals surface area (Å²) < 4.78 is 7.10. The van der Waals surface area contributed by atoms with Crippen molar-refractivity contribution in [2.75, 3.05) is 6.61 Å². The summed E-state index contributed by atoms with van der Waals surface area (Å²) in [6.07, 6.45) is 8.37. The summed E-state index contributed by atoms with van der Waals surface area (Å²) in [6, 6.07) is 7.57. The zero-order valence-corrected chi connectivity index (χ0v) is 16.2. The zero-order valence-electron chi connectivity index (χ0n) is 16.2. The third kappa shape index (κ3) is 2.74. The van der Waals surface area contributed by atoms with Crippen molar-refractivity contribution in [1.29, 1.82) is 0 Å². The fourth-order valence-electron chi connectivity index (χ4n) is 4.53. The van der Waals surface area contributed by atoms with Crippen molar-refractivity contribution in [3.8, 4) is 5.75 Å². The Morgan fingerprint density at radius 2 is 2.14 bits per heavy atom. The van der Waals surface area contributed by atoms with Crippen LogP contribution in [0.2, 0.25) is 0 Å². The van der Waals surface area contributed by atoms with Crippen LogP contribution < -0.4 is 10.3 Å². The second kappa shape index (κ2) is 6.44. The van der Waals surface area contributed by atoms with Crippen LogP contribution in [-0.4, -0.2) is 27.2 Å². The van der Waals surface area contributed by atoms with E-state index in [9.17, 15) is 14.7 Å². The number of hydrogen-bond acceptors (Lipinski definition) is 4. The molecule has 3 aliphatic rings. The lowest BCUT2D eigenvalue weighted by atomic mass is 9.90. The predicted molar refractivity (Wildman–Crippen MR) is 110 cm³/mol. The topological polar surface area (TPSA) is 81.4 Å². The lowest BCUT2D eigenvalue weighted by molar-refractivity contribution is -0.141. The van der Waals surface area contributed by atoms with Gasteiger partial charge in [0.15, 0.2) is 0 Å². The molecule has 1 aromatic carbocycles. The quantitative estimate of drug-likeness (QED) is 0.863. The number of ether oxygens (including phenoxy) is 1. The molecule has 0 radical (unpaired) electrons. The van der Waals surface area contributed by atoms with Crippen LogP contribution in [0.15, 0.2) is 35.1 Å². The third-order valence-electron chi connectivity index (χ3n) is 6.15. The van der Waals surface area contributed by atoms with E-state index in [1.165, 1.54) is 0 Å². The zero-order chi connectivity index (χ0) is 20.2. The Morgan fingerprint density at radius 1 is 1.34 bits per heavy atom. The molecule has 2 atom stereocenters. The summed E-state index contributed by atoms with van der Waals surface area (Å²) in [6.45, 7) is 2.58. The van der Waals surface area contributed by atoms with Gasteiger partial charge in [-0.2, -0.15) is 0 Å². The number of hydrogen-bond donors (Lipinski definition) is 1. The van der Waals surface area contributed by atoms with Crippen LogP contribution in [0.4, 0.5) is 0 Å². The lowest BCUT2D eigenvalue weighted by Crippen LogP contribution is -2.33. The first-order valence-electron chi connectivity index (χ1n) is 10.1. The molecule has 2 aliphatic carbocycles. The van der Waals surface area contributed by atoms with Gasteiger partial charge in [-0.25, -0.2) is 4.98 Å². The van der Waals surface area contributed by atoms with E-state index in [-0.39, 0.29) is 11.6 Å². The van der Waals surface area contributed by atoms with E-state index in [2.05, 4.69) is 6.08 Å². The summed E-state index contributed by atoms with van der Waals surface area (Å²) in [7, 11) is 0. The molecule has 0 saturated heterocycles. The largest absolute Gasteiger partial charge is 0.494 e. The van der Waals surface area contributed by atoms with Crippen molar-refractivity contribution in [3.63, 3.8) is 0 Å². The summed E-state index contributed by atoms with van der Waals surface area (Å²) in [5.74, 6) is 0.526. The second-order valence-electron chi connectivity index (χ2n) is 7.90. The van der Waals surface area contributed by atoms with Crippen molar-refractivity contribution >= 4 is 23.7 Å². The number of nitrogens with zero attached hydrogens (tertiary/aromatic N) is 2. The predicted octanol–water partition coefficient (Wildman–Crippen LogP) is 3.56. The molecule has 148 valence electrons. The highest BCUT2D eigenvalue weighted by Crippen LogP contribution is 2.59. The number of aliphatic carboxylic acids is 1. The lowest BCUT2D eigenvalue weighted by Gasteiger charge is -2.23. The maximum absolute atomic E-state index is 13.2. The number of carbonyl (C=O) groups is 1. The van der Waals surface area contributed by atoms with Gasteiger partial charge in [-0.1, -0.05) is 18.2 Å². The van der Waals surface area contributed by atoms with Crippen molar-refractivity contribution in [3.05, 3.63) is 63.3 Å². The molecule has 2 aromatic rings. The van der Waals surface area contributed by atoms with Crippen LogP contribution in [0, 0.1) is 5.41 Å². The highest BCUT2D eigenvalue weighted by molar-refractivity contribution is 5.85. The Hall–Kier alpha value is -3.15. The highest BCUT2D eigenvalue weighted by Gasteiger charge is 2.62. The van der Waals surface area contributed by atoms with Gasteiger partial charge < -0.3 is 9.84 Å². The average molecular weight is 390 g/mol. The standard InChI is InChI=1S/C23H22N2O4/c1-2-29-16-8-6-14(7-9-16)12-15-4-3-5-17-20(15)24-19-10-11-23(22(27)28)13-18(23)25(19)21(17)26/h6-12,18H,2-5,13H2,1H3,(H,27,28). The number of rotatable bonds is 4. The van der Waals surface area contributed by atoms with Gasteiger partial charge in [-0.05, 0) is 68.0 Å². The molecule has 1 fully saturated rings. The van der Waals surface area contributed by atoms with Crippen molar-refractivity contribution < 1.29 is 14.6 Å². The van der Waals surface area contributed by atoms with E-state index in [1.54, 1.807) is 16.7 Å². The van der Waals surface area contributed by atoms with Crippen molar-refractivity contribution in [1.82, 2.24) is 9.55 Å². The summed E-state index contributed by atoms with van der Waals surface area (Å²) in [4.78, 5) is 29.7. The smallest absolute Gasteiger partial charge is 0.315 e. The molecule has 1 aromatic heterocycles. The molecule has 2 heterocycles. The van der Waals surface area contributed by atoms with Crippen LogP contribution in [-0.2, 0) is 11.2 Å². The molecule has 0 bridgehead atoms. The Kier molecular flexibility index (Phi) is 3.98. The molecule has 5 rings (SSSR count). The average Bonchev–Trinajstić information content (AvgIpc) is 3.47. The summed E-state index contributed by atoms with van der Waals surface area (Å²) in [5, 5.41) is 9.55. The fraction of sp³-hybridized carbons (Fsp3) is 0.348. The summed E-state index contributed by atoms with van der Waals surface area (Å²) in [5.41, 5.74) is 2.55. The number of allylic oxidation sites excluding steroid dienone is 1. The van der Waals surface area contributed by atoms with E-state index >= 15 is 0 Å². The van der Waals surface area contributed by atoms with E-state index in [1.807, 2.05) is 31.2 Å². The Bertz CT molecular complexity index is 1130. The van der Waals surface area contributed by atoms with Crippen LogP contribution in [0.3, 0.4) is 0 Å².